The number of nitrogens with two attached hydrogens (primary N) is 1. The number of aromatic nitrogens is 2. The van der Waals surface area contributed by atoms with Crippen molar-refractivity contribution in [1.29, 1.82) is 5.26 Å². The first-order chi connectivity index (χ1) is 14.2. The fourth-order valence-corrected chi connectivity index (χ4v) is 3.97. The second kappa shape index (κ2) is 8.67. The molecule has 3 rings (SSSR count). The lowest BCUT2D eigenvalue weighted by molar-refractivity contribution is -0.148. The van der Waals surface area contributed by atoms with Crippen molar-refractivity contribution in [2.75, 3.05) is 6.61 Å². The fraction of sp³-hybridized carbons (Fsp3) is 0.529. The number of imidazole rings is 1. The number of carboxylic acid groups (broad SMARTS) is 1. The maximum atomic E-state index is 11.2. The number of nitriles is 1. The fourth-order valence-electron chi connectivity index (χ4n) is 3.40. The molecule has 3 heterocycles. The molecule has 0 saturated carbocycles. The lowest BCUT2D eigenvalue weighted by Gasteiger charge is -2.19. The predicted octanol–water partition coefficient (Wildman–Crippen LogP) is 1.25. The van der Waals surface area contributed by atoms with Gasteiger partial charge in [-0.25, -0.2) is 14.8 Å². The Hall–Kier alpha value is -2.55. The van der Waals surface area contributed by atoms with Crippen molar-refractivity contribution in [3.8, 4) is 6.07 Å². The minimum Gasteiger partial charge on any atom is -0.479 e. The van der Waals surface area contributed by atoms with Gasteiger partial charge in [0, 0.05) is 6.42 Å². The Morgan fingerprint density at radius 2 is 2.27 bits per heavy atom. The minimum atomic E-state index is -4.96. The van der Waals surface area contributed by atoms with E-state index in [1.54, 1.807) is 4.57 Å². The number of hydrogen-bond donors (Lipinski definition) is 4. The van der Waals surface area contributed by atoms with Crippen LogP contribution in [0.5, 0.6) is 0 Å². The zero-order chi connectivity index (χ0) is 22.1. The number of aliphatic imine (C=N–C) groups is 1. The van der Waals surface area contributed by atoms with Crippen LogP contribution < -0.4 is 5.73 Å². The molecule has 0 spiro atoms. The van der Waals surface area contributed by atoms with Gasteiger partial charge in [-0.1, -0.05) is 6.92 Å². The molecule has 3 atom stereocenters. The Balaban J connectivity index is 1.77. The van der Waals surface area contributed by atoms with E-state index in [4.69, 9.17) is 30.1 Å². The SMILES string of the molecule is CCC1=C(N)c2ncn([C@H]3CC[C@@H](COC(C(=O)O)P(=O)(O)O)O3)c2N=C(C#N)C1. The van der Waals surface area contributed by atoms with Gasteiger partial charge in [-0.3, -0.25) is 9.13 Å². The Morgan fingerprint density at radius 3 is 2.87 bits per heavy atom. The summed E-state index contributed by atoms with van der Waals surface area (Å²) in [5.41, 5.74) is 8.35. The van der Waals surface area contributed by atoms with Crippen LogP contribution in [-0.4, -0.2) is 54.7 Å². The second-order valence-corrected chi connectivity index (χ2v) is 8.59. The lowest BCUT2D eigenvalue weighted by Crippen LogP contribution is -2.28. The molecule has 0 amide bonds. The summed E-state index contributed by atoms with van der Waals surface area (Å²) in [5.74, 6) is -3.59. The highest BCUT2D eigenvalue weighted by Crippen LogP contribution is 2.43. The van der Waals surface area contributed by atoms with Crippen molar-refractivity contribution in [1.82, 2.24) is 9.55 Å². The molecule has 1 saturated heterocycles. The van der Waals surface area contributed by atoms with Crippen molar-refractivity contribution in [2.24, 2.45) is 10.7 Å². The van der Waals surface area contributed by atoms with E-state index in [2.05, 4.69) is 16.0 Å². The van der Waals surface area contributed by atoms with Gasteiger partial charge in [0.1, 0.15) is 23.7 Å². The Labute approximate surface area is 171 Å². The Bertz CT molecular complexity index is 989. The van der Waals surface area contributed by atoms with E-state index >= 15 is 0 Å². The molecular weight excluding hydrogens is 417 g/mol. The van der Waals surface area contributed by atoms with Crippen molar-refractivity contribution >= 4 is 30.8 Å². The average molecular weight is 439 g/mol. The molecule has 1 aromatic heterocycles. The average Bonchev–Trinajstić information content (AvgIpc) is 3.27. The monoisotopic (exact) mass is 439 g/mol. The number of ether oxygens (including phenoxy) is 2. The molecular formula is C17H22N5O7P. The van der Waals surface area contributed by atoms with Crippen LogP contribution in [0.15, 0.2) is 16.9 Å². The van der Waals surface area contributed by atoms with Crippen LogP contribution in [-0.2, 0) is 18.8 Å². The molecule has 12 nitrogen and oxygen atoms in total. The van der Waals surface area contributed by atoms with Crippen LogP contribution in [0.1, 0.15) is 44.5 Å². The molecule has 2 aliphatic heterocycles. The highest BCUT2D eigenvalue weighted by molar-refractivity contribution is 7.53. The van der Waals surface area contributed by atoms with E-state index in [-0.39, 0.29) is 6.61 Å². The zero-order valence-corrected chi connectivity index (χ0v) is 17.0. The van der Waals surface area contributed by atoms with E-state index in [1.807, 2.05) is 6.92 Å². The quantitative estimate of drug-likeness (QED) is 0.449. The Kier molecular flexibility index (Phi) is 6.40. The summed E-state index contributed by atoms with van der Waals surface area (Å²) in [6, 6.07) is 2.07. The highest BCUT2D eigenvalue weighted by atomic mass is 31.2. The summed E-state index contributed by atoms with van der Waals surface area (Å²) < 4.78 is 23.7. The standard InChI is InChI=1S/C17H22N5O7P/c1-2-9-5-10(6-18)21-15-14(13(9)19)20-8-22(15)12-4-3-11(29-12)7-28-17(16(23)24)30(25,26)27/h8,11-12,17H,2-5,7,19H2,1H3,(H,23,24)(H2,25,26,27)/t11-,12+,17?/m0/s1. The number of nitrogens with zero attached hydrogens (tertiary/aromatic N) is 4. The van der Waals surface area contributed by atoms with Gasteiger partial charge >= 0.3 is 13.6 Å². The molecule has 13 heteroatoms. The van der Waals surface area contributed by atoms with Gasteiger partial charge in [-0.2, -0.15) is 5.26 Å². The summed E-state index contributed by atoms with van der Waals surface area (Å²) in [4.78, 5) is 37.9. The molecule has 5 N–H and O–H groups in total. The molecule has 162 valence electrons. The van der Waals surface area contributed by atoms with Crippen LogP contribution >= 0.6 is 7.60 Å². The number of carbonyl (C=O) groups is 1. The van der Waals surface area contributed by atoms with Gasteiger partial charge in [-0.05, 0) is 24.8 Å². The first kappa shape index (κ1) is 22.1. The summed E-state index contributed by atoms with van der Waals surface area (Å²) in [5, 5.41) is 18.3. The molecule has 30 heavy (non-hydrogen) atoms. The van der Waals surface area contributed by atoms with Gasteiger partial charge in [0.15, 0.2) is 5.82 Å². The number of hydrogen-bond acceptors (Lipinski definition) is 8. The first-order valence-corrected chi connectivity index (χ1v) is 10.9. The van der Waals surface area contributed by atoms with Gasteiger partial charge < -0.3 is 30.1 Å². The second-order valence-electron chi connectivity index (χ2n) is 6.95. The minimum absolute atomic E-state index is 0.301. The largest absolute Gasteiger partial charge is 0.479 e. The van der Waals surface area contributed by atoms with E-state index in [9.17, 15) is 14.6 Å². The number of fused-ring (bicyclic) bond motifs is 1. The summed E-state index contributed by atoms with van der Waals surface area (Å²) in [6.07, 6.45) is 2.38. The molecule has 0 radical (unpaired) electrons. The number of rotatable bonds is 7. The predicted molar refractivity (Wildman–Crippen MR) is 104 cm³/mol. The summed E-state index contributed by atoms with van der Waals surface area (Å²) in [7, 11) is -4.96. The highest BCUT2D eigenvalue weighted by Gasteiger charge is 2.39. The number of aliphatic carboxylic acids is 1. The van der Waals surface area contributed by atoms with Crippen LogP contribution in [0.3, 0.4) is 0 Å². The van der Waals surface area contributed by atoms with Crippen molar-refractivity contribution in [3.63, 3.8) is 0 Å². The number of allylic oxidation sites excluding steroid dienone is 1. The van der Waals surface area contributed by atoms with E-state index in [0.717, 1.165) is 5.57 Å². The summed E-state index contributed by atoms with van der Waals surface area (Å²) in [6.45, 7) is 1.63. The van der Waals surface area contributed by atoms with Gasteiger partial charge in [-0.15, -0.1) is 0 Å². The van der Waals surface area contributed by atoms with E-state index in [0.29, 0.717) is 48.6 Å². The van der Waals surface area contributed by atoms with E-state index < -0.39 is 31.7 Å². The number of carboxylic acids is 1. The van der Waals surface area contributed by atoms with Crippen molar-refractivity contribution in [2.45, 2.75) is 50.8 Å². The first-order valence-electron chi connectivity index (χ1n) is 9.23. The third-order valence-corrected chi connectivity index (χ3v) is 5.91. The maximum Gasteiger partial charge on any atom is 0.365 e. The normalized spacial score (nSPS) is 22.8. The third-order valence-electron chi connectivity index (χ3n) is 4.93. The molecule has 0 bridgehead atoms. The summed E-state index contributed by atoms with van der Waals surface area (Å²) >= 11 is 0. The molecule has 1 unspecified atom stereocenters. The van der Waals surface area contributed by atoms with Crippen LogP contribution in [0.4, 0.5) is 5.82 Å². The van der Waals surface area contributed by atoms with E-state index in [1.165, 1.54) is 6.33 Å². The lowest BCUT2D eigenvalue weighted by atomic mass is 10.0. The topological polar surface area (TPSA) is 193 Å². The van der Waals surface area contributed by atoms with Crippen LogP contribution in [0, 0.1) is 11.3 Å². The van der Waals surface area contributed by atoms with Crippen LogP contribution in [0.2, 0.25) is 0 Å². The molecule has 1 aromatic rings. The molecule has 2 aliphatic rings. The van der Waals surface area contributed by atoms with Gasteiger partial charge in [0.25, 0.3) is 5.85 Å². The zero-order valence-electron chi connectivity index (χ0n) is 16.1. The molecule has 0 aliphatic carbocycles. The van der Waals surface area contributed by atoms with Crippen molar-refractivity contribution in [3.05, 3.63) is 17.6 Å². The smallest absolute Gasteiger partial charge is 0.365 e. The van der Waals surface area contributed by atoms with Gasteiger partial charge in [0.05, 0.1) is 24.7 Å². The molecule has 1 fully saturated rings. The Morgan fingerprint density at radius 1 is 1.53 bits per heavy atom. The molecule has 0 aromatic carbocycles. The maximum absolute atomic E-state index is 11.2. The van der Waals surface area contributed by atoms with Gasteiger partial charge in [0.2, 0.25) is 0 Å². The van der Waals surface area contributed by atoms with Crippen molar-refractivity contribution < 1.29 is 33.7 Å². The van der Waals surface area contributed by atoms with Crippen LogP contribution in [0.25, 0.3) is 5.70 Å². The third kappa shape index (κ3) is 4.45.